The summed E-state index contributed by atoms with van der Waals surface area (Å²) >= 11 is 0. The fraction of sp³-hybridized carbons (Fsp3) is 0.235. The Bertz CT molecular complexity index is 529. The van der Waals surface area contributed by atoms with Gasteiger partial charge >= 0.3 is 0 Å². The maximum absolute atomic E-state index is 12.0. The maximum Gasteiger partial charge on any atom is 0.164 e. The molecule has 2 aromatic carbocycles. The molecule has 0 saturated carbocycles. The molecule has 2 nitrogen and oxygen atoms in total. The van der Waals surface area contributed by atoms with E-state index in [0.29, 0.717) is 6.42 Å². The van der Waals surface area contributed by atoms with Gasteiger partial charge in [0.1, 0.15) is 0 Å². The van der Waals surface area contributed by atoms with Gasteiger partial charge < -0.3 is 4.90 Å². The van der Waals surface area contributed by atoms with Gasteiger partial charge in [-0.25, -0.2) is 0 Å². The van der Waals surface area contributed by atoms with E-state index in [0.717, 1.165) is 17.7 Å². The molecule has 0 atom stereocenters. The summed E-state index contributed by atoms with van der Waals surface area (Å²) in [5.41, 5.74) is 3.11. The van der Waals surface area contributed by atoms with Gasteiger partial charge in [0.15, 0.2) is 5.78 Å². The lowest BCUT2D eigenvalue weighted by atomic mass is 10.0. The second-order valence-electron chi connectivity index (χ2n) is 4.92. The van der Waals surface area contributed by atoms with E-state index in [1.54, 1.807) is 0 Å². The summed E-state index contributed by atoms with van der Waals surface area (Å²) in [5.74, 6) is 0.202. The Labute approximate surface area is 114 Å². The zero-order valence-electron chi connectivity index (χ0n) is 11.5. The van der Waals surface area contributed by atoms with E-state index in [2.05, 4.69) is 12.1 Å². The first-order valence-electron chi connectivity index (χ1n) is 6.50. The van der Waals surface area contributed by atoms with E-state index in [-0.39, 0.29) is 5.78 Å². The van der Waals surface area contributed by atoms with Crippen molar-refractivity contribution in [3.8, 4) is 11.1 Å². The fourth-order valence-electron chi connectivity index (χ4n) is 1.95. The molecule has 0 aliphatic rings. The van der Waals surface area contributed by atoms with Crippen LogP contribution in [0.25, 0.3) is 11.1 Å². The summed E-state index contributed by atoms with van der Waals surface area (Å²) in [6.45, 7) is 0.791. The zero-order valence-corrected chi connectivity index (χ0v) is 11.5. The summed E-state index contributed by atoms with van der Waals surface area (Å²) < 4.78 is 0. The van der Waals surface area contributed by atoms with Crippen molar-refractivity contribution in [1.82, 2.24) is 4.90 Å². The number of benzene rings is 2. The van der Waals surface area contributed by atoms with Crippen LogP contribution in [0.15, 0.2) is 54.6 Å². The maximum atomic E-state index is 12.0. The van der Waals surface area contributed by atoms with Gasteiger partial charge in [-0.15, -0.1) is 0 Å². The van der Waals surface area contributed by atoms with E-state index in [9.17, 15) is 4.79 Å². The average molecular weight is 253 g/mol. The molecule has 98 valence electrons. The van der Waals surface area contributed by atoms with Crippen LogP contribution in [0.4, 0.5) is 0 Å². The van der Waals surface area contributed by atoms with E-state index in [1.807, 2.05) is 61.5 Å². The minimum atomic E-state index is 0.202. The van der Waals surface area contributed by atoms with Crippen LogP contribution in [0.5, 0.6) is 0 Å². The smallest absolute Gasteiger partial charge is 0.164 e. The first-order chi connectivity index (χ1) is 9.16. The molecule has 0 N–H and O–H groups in total. The van der Waals surface area contributed by atoms with E-state index >= 15 is 0 Å². The second-order valence-corrected chi connectivity index (χ2v) is 4.92. The summed E-state index contributed by atoms with van der Waals surface area (Å²) in [7, 11) is 3.96. The summed E-state index contributed by atoms with van der Waals surface area (Å²) in [6.07, 6.45) is 0.567. The fourth-order valence-corrected chi connectivity index (χ4v) is 1.95. The number of hydrogen-bond acceptors (Lipinski definition) is 2. The Morgan fingerprint density at radius 3 is 2.05 bits per heavy atom. The van der Waals surface area contributed by atoms with Crippen LogP contribution in [0.1, 0.15) is 16.8 Å². The standard InChI is InChI=1S/C17H19NO/c1-18(2)13-12-17(19)16-10-8-15(9-11-16)14-6-4-3-5-7-14/h3-11H,12-13H2,1-2H3. The number of rotatable bonds is 5. The molecular formula is C17H19NO. The molecule has 0 fully saturated rings. The molecule has 0 unspecified atom stereocenters. The molecule has 2 aromatic rings. The van der Waals surface area contributed by atoms with Gasteiger partial charge in [0, 0.05) is 18.5 Å². The van der Waals surface area contributed by atoms with Crippen molar-refractivity contribution >= 4 is 5.78 Å². The van der Waals surface area contributed by atoms with Crippen LogP contribution >= 0.6 is 0 Å². The average Bonchev–Trinajstić information content (AvgIpc) is 2.46. The monoisotopic (exact) mass is 253 g/mol. The topological polar surface area (TPSA) is 20.3 Å². The number of carbonyl (C=O) groups excluding carboxylic acids is 1. The Morgan fingerprint density at radius 2 is 1.47 bits per heavy atom. The van der Waals surface area contributed by atoms with Gasteiger partial charge in [-0.05, 0) is 25.2 Å². The van der Waals surface area contributed by atoms with Crippen LogP contribution in [0.2, 0.25) is 0 Å². The molecule has 0 heterocycles. The zero-order chi connectivity index (χ0) is 13.7. The highest BCUT2D eigenvalue weighted by molar-refractivity contribution is 5.96. The summed E-state index contributed by atoms with van der Waals surface area (Å²) in [4.78, 5) is 14.0. The Morgan fingerprint density at radius 1 is 0.895 bits per heavy atom. The van der Waals surface area contributed by atoms with Crippen molar-refractivity contribution in [1.29, 1.82) is 0 Å². The molecule has 0 aromatic heterocycles. The lowest BCUT2D eigenvalue weighted by molar-refractivity contribution is 0.0972. The van der Waals surface area contributed by atoms with Crippen LogP contribution in [0, 0.1) is 0 Å². The molecule has 0 saturated heterocycles. The summed E-state index contributed by atoms with van der Waals surface area (Å²) in [6, 6.07) is 18.0. The normalized spacial score (nSPS) is 10.7. The minimum absolute atomic E-state index is 0.202. The van der Waals surface area contributed by atoms with Gasteiger partial charge in [-0.1, -0.05) is 54.6 Å². The summed E-state index contributed by atoms with van der Waals surface area (Å²) in [5, 5.41) is 0. The molecule has 0 aliphatic carbocycles. The van der Waals surface area contributed by atoms with Crippen LogP contribution in [-0.4, -0.2) is 31.3 Å². The number of hydrogen-bond donors (Lipinski definition) is 0. The quantitative estimate of drug-likeness (QED) is 0.760. The van der Waals surface area contributed by atoms with Gasteiger partial charge in [-0.3, -0.25) is 4.79 Å². The van der Waals surface area contributed by atoms with Crippen molar-refractivity contribution in [3.05, 3.63) is 60.2 Å². The highest BCUT2D eigenvalue weighted by Gasteiger charge is 2.06. The number of carbonyl (C=O) groups is 1. The number of Topliss-reactive ketones (excluding diaryl/α,β-unsaturated/α-hetero) is 1. The Hall–Kier alpha value is -1.93. The molecular weight excluding hydrogens is 234 g/mol. The third kappa shape index (κ3) is 3.76. The van der Waals surface area contributed by atoms with Crippen molar-refractivity contribution in [3.63, 3.8) is 0 Å². The lowest BCUT2D eigenvalue weighted by Gasteiger charge is -2.08. The van der Waals surface area contributed by atoms with E-state index in [1.165, 1.54) is 5.56 Å². The Balaban J connectivity index is 2.08. The van der Waals surface area contributed by atoms with E-state index < -0.39 is 0 Å². The van der Waals surface area contributed by atoms with E-state index in [4.69, 9.17) is 0 Å². The molecule has 0 spiro atoms. The van der Waals surface area contributed by atoms with Crippen molar-refractivity contribution < 1.29 is 4.79 Å². The highest BCUT2D eigenvalue weighted by atomic mass is 16.1. The van der Waals surface area contributed by atoms with Crippen molar-refractivity contribution in [2.45, 2.75) is 6.42 Å². The minimum Gasteiger partial charge on any atom is -0.309 e. The van der Waals surface area contributed by atoms with Gasteiger partial charge in [-0.2, -0.15) is 0 Å². The van der Waals surface area contributed by atoms with Crippen LogP contribution in [0.3, 0.4) is 0 Å². The Kier molecular flexibility index (Phi) is 4.48. The first kappa shape index (κ1) is 13.5. The highest BCUT2D eigenvalue weighted by Crippen LogP contribution is 2.19. The number of ketones is 1. The number of nitrogens with zero attached hydrogens (tertiary/aromatic N) is 1. The van der Waals surface area contributed by atoms with Crippen molar-refractivity contribution in [2.24, 2.45) is 0 Å². The predicted octanol–water partition coefficient (Wildman–Crippen LogP) is 3.49. The molecule has 0 amide bonds. The largest absolute Gasteiger partial charge is 0.309 e. The van der Waals surface area contributed by atoms with Gasteiger partial charge in [0.25, 0.3) is 0 Å². The third-order valence-electron chi connectivity index (χ3n) is 3.10. The van der Waals surface area contributed by atoms with Gasteiger partial charge in [0.2, 0.25) is 0 Å². The molecule has 19 heavy (non-hydrogen) atoms. The predicted molar refractivity (Wildman–Crippen MR) is 79.4 cm³/mol. The molecule has 0 aliphatic heterocycles. The lowest BCUT2D eigenvalue weighted by Crippen LogP contribution is -2.16. The van der Waals surface area contributed by atoms with Crippen LogP contribution < -0.4 is 0 Å². The van der Waals surface area contributed by atoms with Crippen LogP contribution in [-0.2, 0) is 0 Å². The first-order valence-corrected chi connectivity index (χ1v) is 6.50. The second kappa shape index (κ2) is 6.30. The third-order valence-corrected chi connectivity index (χ3v) is 3.10. The molecule has 0 radical (unpaired) electrons. The molecule has 2 heteroatoms. The van der Waals surface area contributed by atoms with Crippen molar-refractivity contribution in [2.75, 3.05) is 20.6 Å². The SMILES string of the molecule is CN(C)CCC(=O)c1ccc(-c2ccccc2)cc1. The van der Waals surface area contributed by atoms with Gasteiger partial charge in [0.05, 0.1) is 0 Å². The molecule has 2 rings (SSSR count). The molecule has 0 bridgehead atoms.